The number of sulfonamides is 1. The monoisotopic (exact) mass is 841 g/mol. The number of hydrogen-bond acceptors (Lipinski definition) is 13. The van der Waals surface area contributed by atoms with Crippen molar-refractivity contribution in [3.05, 3.63) is 81.2 Å². The number of amides is 1. The molecule has 2 saturated heterocycles. The summed E-state index contributed by atoms with van der Waals surface area (Å²) in [7, 11) is -4.13. The maximum atomic E-state index is 12.7. The number of aromatic nitrogens is 2. The van der Waals surface area contributed by atoms with Crippen molar-refractivity contribution in [3.63, 3.8) is 0 Å². The van der Waals surface area contributed by atoms with Crippen LogP contribution in [0.15, 0.2) is 36.4 Å². The van der Waals surface area contributed by atoms with Gasteiger partial charge in [-0.25, -0.2) is 28.0 Å². The Morgan fingerprint density at radius 3 is 1.73 bits per heavy atom. The average Bonchev–Trinajstić information content (AvgIpc) is 3.17. The lowest BCUT2D eigenvalue weighted by Gasteiger charge is -2.32. The van der Waals surface area contributed by atoms with Crippen LogP contribution in [0, 0.1) is 48.3 Å². The largest absolute Gasteiger partial charge is 0.481 e. The number of carboxylic acids is 2. The molecule has 0 spiro atoms. The van der Waals surface area contributed by atoms with Gasteiger partial charge in [-0.3, -0.25) is 14.3 Å². The minimum Gasteiger partial charge on any atom is -0.481 e. The number of carbonyl (C=O) groups is 4. The lowest BCUT2D eigenvalue weighted by Crippen LogP contribution is -2.43. The summed E-state index contributed by atoms with van der Waals surface area (Å²) < 4.78 is 69.9. The third-order valence-electron chi connectivity index (χ3n) is 9.62. The Bertz CT molecular complexity index is 2270. The van der Waals surface area contributed by atoms with Crippen molar-refractivity contribution in [1.29, 1.82) is 10.5 Å². The molecule has 0 saturated carbocycles. The van der Waals surface area contributed by atoms with Crippen molar-refractivity contribution < 1.29 is 55.7 Å². The van der Waals surface area contributed by atoms with E-state index in [0.717, 1.165) is 24.3 Å². The quantitative estimate of drug-likeness (QED) is 0.228. The molecule has 3 N–H and O–H groups in total. The van der Waals surface area contributed by atoms with E-state index in [0.29, 0.717) is 48.8 Å². The van der Waals surface area contributed by atoms with E-state index in [1.807, 2.05) is 15.7 Å². The zero-order valence-electron chi connectivity index (χ0n) is 32.5. The zero-order valence-corrected chi connectivity index (χ0v) is 33.4. The third-order valence-corrected chi connectivity index (χ3v) is 10.8. The zero-order chi connectivity index (χ0) is 43.8. The van der Waals surface area contributed by atoms with E-state index in [-0.39, 0.29) is 65.9 Å². The standard InChI is InChI=1S/C22H21F3N4O5S.C17H21N3O4/c1-13-18(21(31)32)10-16(11-26)19(27-13)29-8-6-15(7-9-29)20(30)28-35(33,34)12-14-2-4-17(5-3-14)22(23,24)25;1-10(2)24-17(23)14-8-13(9-18)15(19-11(14)3)20-6-4-12(5-7-20)16(21)22/h2-5,10,15H,6-9,12H2,1H3,(H,28,30)(H,31,32);8,10,12H,4-7H2,1-3H3,(H,21,22). The Kier molecular flexibility index (Phi) is 14.6. The van der Waals surface area contributed by atoms with Gasteiger partial charge in [0.1, 0.15) is 23.8 Å². The number of rotatable bonds is 10. The Balaban J connectivity index is 0.000000280. The molecular formula is C39H42F3N7O9S. The first-order chi connectivity index (χ1) is 27.6. The van der Waals surface area contributed by atoms with Gasteiger partial charge in [0.2, 0.25) is 15.9 Å². The molecule has 2 aliphatic heterocycles. The number of benzene rings is 1. The first-order valence-electron chi connectivity index (χ1n) is 18.3. The van der Waals surface area contributed by atoms with Crippen LogP contribution in [0.3, 0.4) is 0 Å². The number of aromatic carboxylic acids is 1. The summed E-state index contributed by atoms with van der Waals surface area (Å²) in [5, 5.41) is 37.1. The van der Waals surface area contributed by atoms with Crippen molar-refractivity contribution in [1.82, 2.24) is 14.7 Å². The van der Waals surface area contributed by atoms with Gasteiger partial charge in [0.15, 0.2) is 0 Å². The second-order valence-corrected chi connectivity index (χ2v) is 16.0. The second-order valence-electron chi connectivity index (χ2n) is 14.2. The van der Waals surface area contributed by atoms with Crippen LogP contribution < -0.4 is 14.5 Å². The number of nitrogens with one attached hydrogen (secondary N) is 1. The number of pyridine rings is 2. The molecule has 0 atom stereocenters. The Morgan fingerprint density at radius 2 is 1.31 bits per heavy atom. The molecule has 2 aliphatic rings. The normalized spacial score (nSPS) is 15.0. The Hall–Kier alpha value is -6.28. The number of halogens is 3. The van der Waals surface area contributed by atoms with E-state index >= 15 is 0 Å². The molecule has 0 bridgehead atoms. The van der Waals surface area contributed by atoms with Crippen molar-refractivity contribution in [2.24, 2.45) is 11.8 Å². The summed E-state index contributed by atoms with van der Waals surface area (Å²) in [6, 6.07) is 10.4. The van der Waals surface area contributed by atoms with Gasteiger partial charge >= 0.3 is 24.1 Å². The van der Waals surface area contributed by atoms with E-state index < -0.39 is 57.2 Å². The van der Waals surface area contributed by atoms with Crippen molar-refractivity contribution >= 4 is 45.5 Å². The van der Waals surface area contributed by atoms with E-state index in [2.05, 4.69) is 16.0 Å². The average molecular weight is 842 g/mol. The highest BCUT2D eigenvalue weighted by atomic mass is 32.2. The van der Waals surface area contributed by atoms with E-state index in [9.17, 15) is 56.4 Å². The topological polar surface area (TPSA) is 244 Å². The van der Waals surface area contributed by atoms with Crippen LogP contribution in [0.4, 0.5) is 24.8 Å². The number of carbonyl (C=O) groups excluding carboxylic acids is 2. The molecule has 20 heteroatoms. The van der Waals surface area contributed by atoms with Crippen LogP contribution in [0.5, 0.6) is 0 Å². The fraction of sp³-hybridized carbons (Fsp3) is 0.436. The predicted octanol–water partition coefficient (Wildman–Crippen LogP) is 4.97. The fourth-order valence-corrected chi connectivity index (χ4v) is 7.68. The third kappa shape index (κ3) is 11.9. The molecule has 5 rings (SSSR count). The van der Waals surface area contributed by atoms with E-state index in [1.54, 1.807) is 25.7 Å². The summed E-state index contributed by atoms with van der Waals surface area (Å²) in [6.07, 6.45) is -3.25. The van der Waals surface area contributed by atoms with Crippen molar-refractivity contribution in [2.75, 3.05) is 36.0 Å². The van der Waals surface area contributed by atoms with Crippen molar-refractivity contribution in [2.45, 2.75) is 71.4 Å². The predicted molar refractivity (Wildman–Crippen MR) is 205 cm³/mol. The molecule has 59 heavy (non-hydrogen) atoms. The number of alkyl halides is 3. The molecule has 1 amide bonds. The smallest absolute Gasteiger partial charge is 0.416 e. The molecule has 0 aliphatic carbocycles. The van der Waals surface area contributed by atoms with Gasteiger partial charge in [-0.05, 0) is 83.2 Å². The number of piperidine rings is 2. The molecule has 314 valence electrons. The number of nitrogens with zero attached hydrogens (tertiary/aromatic N) is 6. The molecule has 1 aromatic carbocycles. The fourth-order valence-electron chi connectivity index (χ4n) is 6.51. The van der Waals surface area contributed by atoms with Gasteiger partial charge in [0.25, 0.3) is 0 Å². The molecule has 0 radical (unpaired) electrons. The number of carboxylic acid groups (broad SMARTS) is 2. The number of aliphatic carboxylic acids is 1. The summed E-state index contributed by atoms with van der Waals surface area (Å²) in [4.78, 5) is 59.3. The SMILES string of the molecule is Cc1nc(N2CCC(C(=O)NS(=O)(=O)Cc3ccc(C(F)(F)F)cc3)CC2)c(C#N)cc1C(=O)O.Cc1nc(N2CCC(C(=O)O)CC2)c(C#N)cc1C(=O)OC(C)C. The second kappa shape index (κ2) is 19.0. The maximum absolute atomic E-state index is 12.7. The van der Waals surface area contributed by atoms with E-state index in [1.165, 1.54) is 19.1 Å². The summed E-state index contributed by atoms with van der Waals surface area (Å²) in [6.45, 7) is 8.33. The maximum Gasteiger partial charge on any atom is 0.416 e. The lowest BCUT2D eigenvalue weighted by atomic mass is 9.96. The van der Waals surface area contributed by atoms with Crippen molar-refractivity contribution in [3.8, 4) is 12.1 Å². The van der Waals surface area contributed by atoms with Gasteiger partial charge in [-0.15, -0.1) is 0 Å². The van der Waals surface area contributed by atoms with Gasteiger partial charge in [0, 0.05) is 32.1 Å². The van der Waals surface area contributed by atoms with Crippen LogP contribution in [0.25, 0.3) is 0 Å². The number of anilines is 2. The van der Waals surface area contributed by atoms with Gasteiger partial charge < -0.3 is 24.7 Å². The van der Waals surface area contributed by atoms with Crippen LogP contribution in [0.2, 0.25) is 0 Å². The van der Waals surface area contributed by atoms with Gasteiger partial charge in [-0.2, -0.15) is 23.7 Å². The summed E-state index contributed by atoms with van der Waals surface area (Å²) in [5.41, 5.74) is 0.498. The number of esters is 1. The minimum absolute atomic E-state index is 0.0787. The van der Waals surface area contributed by atoms with E-state index in [4.69, 9.17) is 9.84 Å². The number of hydrogen-bond donors (Lipinski definition) is 3. The first-order valence-corrected chi connectivity index (χ1v) is 20.0. The first kappa shape index (κ1) is 45.4. The molecule has 0 unspecified atom stereocenters. The molecule has 2 fully saturated rings. The van der Waals surface area contributed by atoms with Crippen LogP contribution >= 0.6 is 0 Å². The van der Waals surface area contributed by atoms with Crippen LogP contribution in [-0.2, 0) is 36.3 Å². The Labute approximate surface area is 338 Å². The number of aryl methyl sites for hydroxylation is 2. The number of ether oxygens (including phenoxy) is 1. The molecule has 2 aromatic heterocycles. The summed E-state index contributed by atoms with van der Waals surface area (Å²) in [5.74, 6) is -4.06. The van der Waals surface area contributed by atoms with Gasteiger partial charge in [0.05, 0.1) is 57.0 Å². The minimum atomic E-state index is -4.54. The molecule has 3 aromatic rings. The van der Waals surface area contributed by atoms with Gasteiger partial charge in [-0.1, -0.05) is 12.1 Å². The summed E-state index contributed by atoms with van der Waals surface area (Å²) >= 11 is 0. The highest BCUT2D eigenvalue weighted by Crippen LogP contribution is 2.30. The highest BCUT2D eigenvalue weighted by molar-refractivity contribution is 7.89. The lowest BCUT2D eigenvalue weighted by molar-refractivity contribution is -0.142. The molecule has 16 nitrogen and oxygen atoms in total. The van der Waals surface area contributed by atoms with Crippen LogP contribution in [0.1, 0.15) is 93.9 Å². The number of nitriles is 2. The molecule has 4 heterocycles. The van der Waals surface area contributed by atoms with Crippen LogP contribution in [-0.4, -0.2) is 84.7 Å². The molecular weight excluding hydrogens is 800 g/mol. The Morgan fingerprint density at radius 1 is 0.847 bits per heavy atom. The highest BCUT2D eigenvalue weighted by Gasteiger charge is 2.32.